The molecule has 2 aromatic heterocycles. The van der Waals surface area contributed by atoms with Gasteiger partial charge in [0.2, 0.25) is 0 Å². The van der Waals surface area contributed by atoms with E-state index in [1.165, 1.54) is 18.5 Å². The summed E-state index contributed by atoms with van der Waals surface area (Å²) in [5.41, 5.74) is 1.75. The third-order valence-electron chi connectivity index (χ3n) is 5.08. The number of ether oxygens (including phenoxy) is 1. The van der Waals surface area contributed by atoms with Crippen LogP contribution in [0.1, 0.15) is 18.4 Å². The van der Waals surface area contributed by atoms with Crippen molar-refractivity contribution in [3.8, 4) is 0 Å². The summed E-state index contributed by atoms with van der Waals surface area (Å²) < 4.78 is 21.4. The lowest BCUT2D eigenvalue weighted by Gasteiger charge is -2.38. The number of hydrogen-bond acceptors (Lipinski definition) is 5. The van der Waals surface area contributed by atoms with E-state index in [-0.39, 0.29) is 11.2 Å². The van der Waals surface area contributed by atoms with Crippen molar-refractivity contribution in [2.24, 2.45) is 7.05 Å². The average Bonchev–Trinajstić information content (AvgIpc) is 2.96. The number of hydrogen-bond donors (Lipinski definition) is 1. The number of fused-ring (bicyclic) bond motifs is 1. The van der Waals surface area contributed by atoms with Gasteiger partial charge in [-0.05, 0) is 46.5 Å². The van der Waals surface area contributed by atoms with Crippen molar-refractivity contribution < 1.29 is 9.13 Å². The number of rotatable bonds is 4. The van der Waals surface area contributed by atoms with Gasteiger partial charge in [-0.15, -0.1) is 0 Å². The number of anilines is 1. The van der Waals surface area contributed by atoms with Gasteiger partial charge in [0.05, 0.1) is 5.39 Å². The zero-order valence-electron chi connectivity index (χ0n) is 14.4. The molecule has 0 saturated carbocycles. The van der Waals surface area contributed by atoms with Gasteiger partial charge < -0.3 is 10.1 Å². The largest absolute Gasteiger partial charge is 0.381 e. The second-order valence-corrected chi connectivity index (χ2v) is 7.34. The molecule has 1 N–H and O–H groups in total. The lowest BCUT2D eigenvalue weighted by Crippen LogP contribution is -2.40. The first kappa shape index (κ1) is 17.4. The van der Waals surface area contributed by atoms with Crippen molar-refractivity contribution in [3.05, 3.63) is 46.6 Å². The minimum absolute atomic E-state index is 0.127. The number of nitrogens with one attached hydrogen (secondary N) is 1. The number of halogens is 2. The standard InChI is InChI=1S/C18H19BrFN5O/c1-25-17-14(15(19)24-25)16(22-11-23-17)21-10-18(6-8-26-9-7-18)12-2-4-13(20)5-3-12/h2-5,11H,6-10H2,1H3,(H,21,22,23). The van der Waals surface area contributed by atoms with Crippen molar-refractivity contribution in [3.63, 3.8) is 0 Å². The molecular formula is C18H19BrFN5O. The summed E-state index contributed by atoms with van der Waals surface area (Å²) in [7, 11) is 1.85. The molecule has 26 heavy (non-hydrogen) atoms. The second kappa shape index (κ2) is 6.92. The lowest BCUT2D eigenvalue weighted by molar-refractivity contribution is 0.0543. The average molecular weight is 420 g/mol. The van der Waals surface area contributed by atoms with E-state index in [4.69, 9.17) is 4.74 Å². The van der Waals surface area contributed by atoms with Gasteiger partial charge in [0.15, 0.2) is 5.65 Å². The van der Waals surface area contributed by atoms with Crippen LogP contribution in [0.3, 0.4) is 0 Å². The van der Waals surface area contributed by atoms with Crippen LogP contribution >= 0.6 is 15.9 Å². The highest BCUT2D eigenvalue weighted by Crippen LogP contribution is 2.36. The van der Waals surface area contributed by atoms with Crippen molar-refractivity contribution in [1.29, 1.82) is 0 Å². The van der Waals surface area contributed by atoms with Crippen LogP contribution in [0.5, 0.6) is 0 Å². The molecule has 0 bridgehead atoms. The molecule has 0 unspecified atom stereocenters. The Balaban J connectivity index is 1.66. The lowest BCUT2D eigenvalue weighted by atomic mass is 9.74. The van der Waals surface area contributed by atoms with E-state index in [1.54, 1.807) is 4.68 Å². The van der Waals surface area contributed by atoms with E-state index in [0.717, 1.165) is 35.3 Å². The van der Waals surface area contributed by atoms with Crippen LogP contribution < -0.4 is 5.32 Å². The van der Waals surface area contributed by atoms with E-state index < -0.39 is 0 Å². The Bertz CT molecular complexity index is 921. The Labute approximate surface area is 158 Å². The summed E-state index contributed by atoms with van der Waals surface area (Å²) in [6, 6.07) is 6.79. The van der Waals surface area contributed by atoms with Crippen LogP contribution in [0, 0.1) is 5.82 Å². The van der Waals surface area contributed by atoms with Crippen molar-refractivity contribution in [1.82, 2.24) is 19.7 Å². The zero-order valence-corrected chi connectivity index (χ0v) is 16.0. The zero-order chi connectivity index (χ0) is 18.1. The van der Waals surface area contributed by atoms with Gasteiger partial charge in [-0.25, -0.2) is 19.0 Å². The molecule has 0 atom stereocenters. The molecule has 1 aromatic carbocycles. The van der Waals surface area contributed by atoms with Gasteiger partial charge in [-0.3, -0.25) is 0 Å². The van der Waals surface area contributed by atoms with Crippen LogP contribution in [-0.4, -0.2) is 39.5 Å². The van der Waals surface area contributed by atoms with Crippen LogP contribution in [0.4, 0.5) is 10.2 Å². The van der Waals surface area contributed by atoms with Gasteiger partial charge in [0.1, 0.15) is 22.6 Å². The summed E-state index contributed by atoms with van der Waals surface area (Å²) >= 11 is 3.49. The molecule has 0 aliphatic carbocycles. The van der Waals surface area contributed by atoms with E-state index in [1.807, 2.05) is 19.2 Å². The van der Waals surface area contributed by atoms with Gasteiger partial charge in [-0.1, -0.05) is 12.1 Å². The highest BCUT2D eigenvalue weighted by molar-refractivity contribution is 9.10. The molecule has 1 aliphatic heterocycles. The Morgan fingerprint density at radius 3 is 2.69 bits per heavy atom. The third-order valence-corrected chi connectivity index (χ3v) is 5.63. The van der Waals surface area contributed by atoms with Gasteiger partial charge in [-0.2, -0.15) is 5.10 Å². The maximum Gasteiger partial charge on any atom is 0.164 e. The Kier molecular flexibility index (Phi) is 4.62. The van der Waals surface area contributed by atoms with Crippen molar-refractivity contribution in [2.45, 2.75) is 18.3 Å². The number of nitrogens with zero attached hydrogens (tertiary/aromatic N) is 4. The number of aryl methyl sites for hydroxylation is 1. The predicted molar refractivity (Wildman–Crippen MR) is 101 cm³/mol. The molecule has 3 aromatic rings. The molecule has 6 nitrogen and oxygen atoms in total. The first-order valence-corrected chi connectivity index (χ1v) is 9.29. The summed E-state index contributed by atoms with van der Waals surface area (Å²) in [5, 5.41) is 8.70. The smallest absolute Gasteiger partial charge is 0.164 e. The third kappa shape index (κ3) is 3.07. The molecule has 1 aliphatic rings. The molecule has 0 radical (unpaired) electrons. The molecule has 8 heteroatoms. The van der Waals surface area contributed by atoms with Gasteiger partial charge in [0, 0.05) is 32.2 Å². The fourth-order valence-electron chi connectivity index (χ4n) is 3.56. The Hall–Kier alpha value is -2.06. The molecule has 3 heterocycles. The van der Waals surface area contributed by atoms with Crippen LogP contribution in [-0.2, 0) is 17.2 Å². The maximum atomic E-state index is 13.4. The molecule has 1 saturated heterocycles. The summed E-state index contributed by atoms with van der Waals surface area (Å²) in [6.07, 6.45) is 3.27. The Morgan fingerprint density at radius 2 is 1.96 bits per heavy atom. The molecule has 136 valence electrons. The van der Waals surface area contributed by atoms with E-state index in [9.17, 15) is 4.39 Å². The fraction of sp³-hybridized carbons (Fsp3) is 0.389. The van der Waals surface area contributed by atoms with Crippen LogP contribution in [0.2, 0.25) is 0 Å². The van der Waals surface area contributed by atoms with E-state index >= 15 is 0 Å². The normalized spacial score (nSPS) is 16.7. The first-order valence-electron chi connectivity index (χ1n) is 8.50. The van der Waals surface area contributed by atoms with Gasteiger partial charge >= 0.3 is 0 Å². The molecule has 4 rings (SSSR count). The van der Waals surface area contributed by atoms with Crippen molar-refractivity contribution >= 4 is 32.8 Å². The Morgan fingerprint density at radius 1 is 1.23 bits per heavy atom. The summed E-state index contributed by atoms with van der Waals surface area (Å²) in [4.78, 5) is 8.71. The van der Waals surface area contributed by atoms with E-state index in [0.29, 0.717) is 24.4 Å². The number of benzene rings is 1. The quantitative estimate of drug-likeness (QED) is 0.701. The summed E-state index contributed by atoms with van der Waals surface area (Å²) in [6.45, 7) is 2.05. The fourth-order valence-corrected chi connectivity index (χ4v) is 4.16. The van der Waals surface area contributed by atoms with Crippen LogP contribution in [0.15, 0.2) is 35.2 Å². The number of aromatic nitrogens is 4. The minimum atomic E-state index is -0.222. The molecule has 1 fully saturated rings. The SMILES string of the molecule is Cn1nc(Br)c2c(NCC3(c4ccc(F)cc4)CCOCC3)ncnc21. The van der Waals surface area contributed by atoms with Gasteiger partial charge in [0.25, 0.3) is 0 Å². The highest BCUT2D eigenvalue weighted by atomic mass is 79.9. The van der Waals surface area contributed by atoms with E-state index in [2.05, 4.69) is 36.3 Å². The molecular weight excluding hydrogens is 401 g/mol. The van der Waals surface area contributed by atoms with Crippen LogP contribution in [0.25, 0.3) is 11.0 Å². The monoisotopic (exact) mass is 419 g/mol. The second-order valence-electron chi connectivity index (χ2n) is 6.59. The van der Waals surface area contributed by atoms with Crippen molar-refractivity contribution in [2.75, 3.05) is 25.1 Å². The molecule has 0 amide bonds. The topological polar surface area (TPSA) is 64.9 Å². The molecule has 0 spiro atoms. The highest BCUT2D eigenvalue weighted by Gasteiger charge is 2.34. The first-order chi connectivity index (χ1) is 12.6. The predicted octanol–water partition coefficient (Wildman–Crippen LogP) is 3.43. The summed E-state index contributed by atoms with van der Waals surface area (Å²) in [5.74, 6) is 0.517. The minimum Gasteiger partial charge on any atom is -0.381 e. The maximum absolute atomic E-state index is 13.4.